The molecule has 1 saturated heterocycles. The zero-order chi connectivity index (χ0) is 20.2. The van der Waals surface area contributed by atoms with Gasteiger partial charge in [0.15, 0.2) is 6.61 Å². The average molecular weight is 392 g/mol. The Balaban J connectivity index is 1.51. The second-order valence-electron chi connectivity index (χ2n) is 7.22. The molecule has 29 heavy (non-hydrogen) atoms. The lowest BCUT2D eigenvalue weighted by Crippen LogP contribution is -2.42. The zero-order valence-electron chi connectivity index (χ0n) is 16.4. The molecule has 150 valence electrons. The van der Waals surface area contributed by atoms with E-state index < -0.39 is 0 Å². The fourth-order valence-corrected chi connectivity index (χ4v) is 3.74. The van der Waals surface area contributed by atoms with Crippen molar-refractivity contribution in [2.24, 2.45) is 7.05 Å². The van der Waals surface area contributed by atoms with E-state index in [1.54, 1.807) is 11.6 Å². The lowest BCUT2D eigenvalue weighted by atomic mass is 9.97. The van der Waals surface area contributed by atoms with Gasteiger partial charge < -0.3 is 9.64 Å². The van der Waals surface area contributed by atoms with Crippen LogP contribution in [-0.2, 0) is 11.8 Å². The number of aryl methyl sites for hydroxylation is 1. The van der Waals surface area contributed by atoms with E-state index in [2.05, 4.69) is 5.10 Å². The maximum atomic E-state index is 12.7. The predicted molar refractivity (Wildman–Crippen MR) is 109 cm³/mol. The van der Waals surface area contributed by atoms with E-state index in [0.29, 0.717) is 24.7 Å². The summed E-state index contributed by atoms with van der Waals surface area (Å²) >= 11 is 0. The highest BCUT2D eigenvalue weighted by Gasteiger charge is 2.29. The van der Waals surface area contributed by atoms with Gasteiger partial charge in [-0.15, -0.1) is 0 Å². The van der Waals surface area contributed by atoms with Gasteiger partial charge in [-0.2, -0.15) is 5.10 Å². The molecule has 1 aliphatic rings. The number of hydrogen-bond donors (Lipinski definition) is 0. The van der Waals surface area contributed by atoms with Crippen LogP contribution >= 0.6 is 0 Å². The van der Waals surface area contributed by atoms with Crippen LogP contribution in [-0.4, -0.2) is 44.9 Å². The number of amides is 1. The zero-order valence-corrected chi connectivity index (χ0v) is 16.4. The average Bonchev–Trinajstić information content (AvgIpc) is 3.08. The molecule has 0 spiro atoms. The normalized spacial score (nSPS) is 16.6. The van der Waals surface area contributed by atoms with Gasteiger partial charge in [0, 0.05) is 26.1 Å². The molecule has 0 radical (unpaired) electrons. The molecule has 1 atom stereocenters. The number of nitrogens with zero attached hydrogens (tertiary/aromatic N) is 4. The molecule has 1 aromatic heterocycles. The topological polar surface area (TPSA) is 69.4 Å². The van der Waals surface area contributed by atoms with Gasteiger partial charge in [0.1, 0.15) is 11.6 Å². The number of carbonyl (C=O) groups excluding carboxylic acids is 1. The SMILES string of the molecule is Cn1nc(C2CCCN(C(=O)COc3ccccc3)C2)n(-c2ccccc2)c1=O. The molecule has 7 heteroatoms. The first-order valence-corrected chi connectivity index (χ1v) is 9.80. The van der Waals surface area contributed by atoms with Crippen LogP contribution in [0.3, 0.4) is 0 Å². The minimum atomic E-state index is -0.179. The summed E-state index contributed by atoms with van der Waals surface area (Å²) in [5.74, 6) is 1.32. The van der Waals surface area contributed by atoms with Gasteiger partial charge in [0.2, 0.25) is 0 Å². The molecule has 1 amide bonds. The molecule has 0 N–H and O–H groups in total. The van der Waals surface area contributed by atoms with E-state index in [-0.39, 0.29) is 24.1 Å². The molecule has 0 saturated carbocycles. The Morgan fingerprint density at radius 2 is 1.79 bits per heavy atom. The van der Waals surface area contributed by atoms with Crippen molar-refractivity contribution in [1.29, 1.82) is 0 Å². The van der Waals surface area contributed by atoms with Crippen LogP contribution in [0.4, 0.5) is 0 Å². The Bertz CT molecular complexity index is 1030. The fourth-order valence-electron chi connectivity index (χ4n) is 3.74. The molecule has 7 nitrogen and oxygen atoms in total. The van der Waals surface area contributed by atoms with Crippen LogP contribution < -0.4 is 10.4 Å². The Morgan fingerprint density at radius 3 is 2.52 bits per heavy atom. The first-order chi connectivity index (χ1) is 14.1. The van der Waals surface area contributed by atoms with E-state index >= 15 is 0 Å². The molecule has 0 aliphatic carbocycles. The molecular weight excluding hydrogens is 368 g/mol. The molecule has 3 aromatic rings. The van der Waals surface area contributed by atoms with Crippen LogP contribution in [0, 0.1) is 0 Å². The molecule has 1 aliphatic heterocycles. The van der Waals surface area contributed by atoms with Gasteiger partial charge in [-0.25, -0.2) is 14.0 Å². The summed E-state index contributed by atoms with van der Waals surface area (Å²) in [5, 5.41) is 4.50. The molecule has 2 aromatic carbocycles. The largest absolute Gasteiger partial charge is 0.484 e. The Labute approximate surface area is 169 Å². The van der Waals surface area contributed by atoms with Crippen molar-refractivity contribution in [3.05, 3.63) is 77.0 Å². The second kappa shape index (κ2) is 8.34. The van der Waals surface area contributed by atoms with E-state index in [1.807, 2.05) is 65.6 Å². The van der Waals surface area contributed by atoms with Crippen molar-refractivity contribution < 1.29 is 9.53 Å². The lowest BCUT2D eigenvalue weighted by Gasteiger charge is -2.32. The van der Waals surface area contributed by atoms with Gasteiger partial charge in [0.05, 0.1) is 5.69 Å². The van der Waals surface area contributed by atoms with Gasteiger partial charge in [-0.1, -0.05) is 36.4 Å². The van der Waals surface area contributed by atoms with Gasteiger partial charge in [-0.3, -0.25) is 4.79 Å². The van der Waals surface area contributed by atoms with Crippen molar-refractivity contribution in [2.75, 3.05) is 19.7 Å². The highest BCUT2D eigenvalue weighted by atomic mass is 16.5. The number of aromatic nitrogens is 3. The number of ether oxygens (including phenoxy) is 1. The summed E-state index contributed by atoms with van der Waals surface area (Å²) in [6.45, 7) is 1.22. The quantitative estimate of drug-likeness (QED) is 0.668. The van der Waals surface area contributed by atoms with Crippen LogP contribution in [0.5, 0.6) is 5.75 Å². The van der Waals surface area contributed by atoms with Crippen molar-refractivity contribution in [1.82, 2.24) is 19.2 Å². The summed E-state index contributed by atoms with van der Waals surface area (Å²) < 4.78 is 8.63. The Hall–Kier alpha value is -3.35. The van der Waals surface area contributed by atoms with Crippen LogP contribution in [0.1, 0.15) is 24.6 Å². The van der Waals surface area contributed by atoms with Crippen LogP contribution in [0.25, 0.3) is 5.69 Å². The van der Waals surface area contributed by atoms with Crippen molar-refractivity contribution in [3.8, 4) is 11.4 Å². The highest BCUT2D eigenvalue weighted by Crippen LogP contribution is 2.26. The molecule has 1 unspecified atom stereocenters. The smallest absolute Gasteiger partial charge is 0.350 e. The van der Waals surface area contributed by atoms with E-state index in [9.17, 15) is 9.59 Å². The third-order valence-electron chi connectivity index (χ3n) is 5.21. The number of benzene rings is 2. The summed E-state index contributed by atoms with van der Waals surface area (Å²) in [6, 6.07) is 18.8. The molecule has 4 rings (SSSR count). The summed E-state index contributed by atoms with van der Waals surface area (Å²) in [6.07, 6.45) is 1.74. The predicted octanol–water partition coefficient (Wildman–Crippen LogP) is 2.36. The second-order valence-corrected chi connectivity index (χ2v) is 7.22. The molecule has 1 fully saturated rings. The maximum absolute atomic E-state index is 12.7. The third kappa shape index (κ3) is 4.08. The standard InChI is InChI=1S/C22H24N4O3/c1-24-22(28)26(18-10-4-2-5-11-18)21(23-24)17-9-8-14-25(15-17)20(27)16-29-19-12-6-3-7-13-19/h2-7,10-13,17H,8-9,14-16H2,1H3. The van der Waals surface area contributed by atoms with Crippen molar-refractivity contribution >= 4 is 5.91 Å². The fraction of sp³-hybridized carbons (Fsp3) is 0.318. The molecule has 0 bridgehead atoms. The first kappa shape index (κ1) is 19.0. The number of carbonyl (C=O) groups is 1. The van der Waals surface area contributed by atoms with Gasteiger partial charge >= 0.3 is 5.69 Å². The number of hydrogen-bond acceptors (Lipinski definition) is 4. The minimum absolute atomic E-state index is 0.00136. The Kier molecular flexibility index (Phi) is 5.46. The van der Waals surface area contributed by atoms with Gasteiger partial charge in [-0.05, 0) is 37.1 Å². The maximum Gasteiger partial charge on any atom is 0.350 e. The number of likely N-dealkylation sites (tertiary alicyclic amines) is 1. The van der Waals surface area contributed by atoms with Crippen LogP contribution in [0.15, 0.2) is 65.5 Å². The monoisotopic (exact) mass is 392 g/mol. The number of rotatable bonds is 5. The van der Waals surface area contributed by atoms with Gasteiger partial charge in [0.25, 0.3) is 5.91 Å². The lowest BCUT2D eigenvalue weighted by molar-refractivity contribution is -0.134. The first-order valence-electron chi connectivity index (χ1n) is 9.80. The molecular formula is C22H24N4O3. The van der Waals surface area contributed by atoms with Crippen molar-refractivity contribution in [2.45, 2.75) is 18.8 Å². The third-order valence-corrected chi connectivity index (χ3v) is 5.21. The van der Waals surface area contributed by atoms with Crippen LogP contribution in [0.2, 0.25) is 0 Å². The van der Waals surface area contributed by atoms with E-state index in [4.69, 9.17) is 4.74 Å². The van der Waals surface area contributed by atoms with E-state index in [1.165, 1.54) is 4.68 Å². The minimum Gasteiger partial charge on any atom is -0.484 e. The Morgan fingerprint density at radius 1 is 1.10 bits per heavy atom. The summed E-state index contributed by atoms with van der Waals surface area (Å²) in [4.78, 5) is 27.2. The summed E-state index contributed by atoms with van der Waals surface area (Å²) in [5.41, 5.74) is 0.610. The van der Waals surface area contributed by atoms with Crippen molar-refractivity contribution in [3.63, 3.8) is 0 Å². The molecule has 2 heterocycles. The highest BCUT2D eigenvalue weighted by molar-refractivity contribution is 5.78. The summed E-state index contributed by atoms with van der Waals surface area (Å²) in [7, 11) is 1.66. The number of para-hydroxylation sites is 2. The van der Waals surface area contributed by atoms with E-state index in [0.717, 1.165) is 18.5 Å². The number of piperidine rings is 1.